The quantitative estimate of drug-likeness (QED) is 0.499. The van der Waals surface area contributed by atoms with Gasteiger partial charge in [-0.3, -0.25) is 4.79 Å². The molecule has 0 fully saturated rings. The number of hydrogen-bond donors (Lipinski definition) is 4. The molecule has 0 aliphatic heterocycles. The maximum atomic E-state index is 10.7. The van der Waals surface area contributed by atoms with Crippen LogP contribution in [0, 0.1) is 0 Å². The normalized spacial score (nSPS) is 14.2. The van der Waals surface area contributed by atoms with Crippen molar-refractivity contribution < 1.29 is 19.7 Å². The molecule has 0 bridgehead atoms. The van der Waals surface area contributed by atoms with Crippen molar-refractivity contribution in [2.45, 2.75) is 12.2 Å². The number of hydrogen-bond acceptors (Lipinski definition) is 5. The predicted octanol–water partition coefficient (Wildman–Crippen LogP) is -0.843. The molecule has 16 heavy (non-hydrogen) atoms. The highest BCUT2D eigenvalue weighted by Crippen LogP contribution is 2.26. The van der Waals surface area contributed by atoms with Crippen LogP contribution in [0.4, 0.5) is 5.69 Å². The Bertz CT molecular complexity index is 394. The summed E-state index contributed by atoms with van der Waals surface area (Å²) < 4.78 is 4.93. The van der Waals surface area contributed by atoms with Crippen LogP contribution in [-0.4, -0.2) is 29.3 Å². The minimum absolute atomic E-state index is 0.296. The van der Waals surface area contributed by atoms with E-state index >= 15 is 0 Å². The standard InChI is InChI=1S/C10H14N2O4/c1-16-7-3-2-5(4-6(7)11)8(13)9(14)10(12)15/h2-4,8-9,13-14H,11H2,1H3,(H2,12,15). The fourth-order valence-corrected chi connectivity index (χ4v) is 1.27. The molecule has 0 heterocycles. The van der Waals surface area contributed by atoms with Gasteiger partial charge in [0.1, 0.15) is 11.9 Å². The van der Waals surface area contributed by atoms with E-state index in [0.29, 0.717) is 17.0 Å². The molecule has 2 atom stereocenters. The molecule has 1 aromatic rings. The van der Waals surface area contributed by atoms with Gasteiger partial charge in [-0.2, -0.15) is 0 Å². The van der Waals surface area contributed by atoms with Gasteiger partial charge in [0.25, 0.3) is 0 Å². The van der Waals surface area contributed by atoms with Gasteiger partial charge in [-0.25, -0.2) is 0 Å². The minimum Gasteiger partial charge on any atom is -0.495 e. The van der Waals surface area contributed by atoms with Crippen molar-refractivity contribution in [3.05, 3.63) is 23.8 Å². The monoisotopic (exact) mass is 226 g/mol. The molecule has 0 spiro atoms. The number of amides is 1. The highest BCUT2D eigenvalue weighted by atomic mass is 16.5. The van der Waals surface area contributed by atoms with Crippen molar-refractivity contribution in [2.24, 2.45) is 5.73 Å². The van der Waals surface area contributed by atoms with Crippen molar-refractivity contribution in [1.82, 2.24) is 0 Å². The second kappa shape index (κ2) is 4.82. The van der Waals surface area contributed by atoms with Crippen molar-refractivity contribution >= 4 is 11.6 Å². The van der Waals surface area contributed by atoms with Crippen molar-refractivity contribution in [3.63, 3.8) is 0 Å². The largest absolute Gasteiger partial charge is 0.495 e. The second-order valence-electron chi connectivity index (χ2n) is 3.29. The summed E-state index contributed by atoms with van der Waals surface area (Å²) in [5.74, 6) is -0.550. The smallest absolute Gasteiger partial charge is 0.249 e. The number of nitrogen functional groups attached to an aromatic ring is 1. The lowest BCUT2D eigenvalue weighted by Gasteiger charge is -2.16. The number of methoxy groups -OCH3 is 1. The van der Waals surface area contributed by atoms with Crippen LogP contribution in [0.1, 0.15) is 11.7 Å². The van der Waals surface area contributed by atoms with Gasteiger partial charge >= 0.3 is 0 Å². The molecule has 1 aromatic carbocycles. The predicted molar refractivity (Wildman–Crippen MR) is 57.6 cm³/mol. The number of aliphatic hydroxyl groups is 2. The average Bonchev–Trinajstić information content (AvgIpc) is 2.26. The average molecular weight is 226 g/mol. The molecule has 88 valence electrons. The number of benzene rings is 1. The number of aliphatic hydroxyl groups excluding tert-OH is 2. The number of primary amides is 1. The molecular formula is C10H14N2O4. The fraction of sp³-hybridized carbons (Fsp3) is 0.300. The first-order valence-electron chi connectivity index (χ1n) is 4.56. The van der Waals surface area contributed by atoms with E-state index in [-0.39, 0.29) is 0 Å². The van der Waals surface area contributed by atoms with Gasteiger partial charge < -0.3 is 26.4 Å². The molecule has 2 unspecified atom stereocenters. The Balaban J connectivity index is 2.97. The van der Waals surface area contributed by atoms with Crippen molar-refractivity contribution in [2.75, 3.05) is 12.8 Å². The van der Waals surface area contributed by atoms with E-state index in [0.717, 1.165) is 0 Å². The van der Waals surface area contributed by atoms with Crippen LogP contribution in [0.5, 0.6) is 5.75 Å². The Hall–Kier alpha value is -1.79. The van der Waals surface area contributed by atoms with Crippen LogP contribution in [0.3, 0.4) is 0 Å². The molecule has 0 aromatic heterocycles. The van der Waals surface area contributed by atoms with Gasteiger partial charge in [0.2, 0.25) is 5.91 Å². The van der Waals surface area contributed by atoms with E-state index in [9.17, 15) is 15.0 Å². The van der Waals surface area contributed by atoms with E-state index in [1.165, 1.54) is 25.3 Å². The van der Waals surface area contributed by atoms with Gasteiger partial charge in [-0.05, 0) is 17.7 Å². The summed E-state index contributed by atoms with van der Waals surface area (Å²) >= 11 is 0. The second-order valence-corrected chi connectivity index (χ2v) is 3.29. The zero-order valence-corrected chi connectivity index (χ0v) is 8.75. The summed E-state index contributed by atoms with van der Waals surface area (Å²) in [6, 6.07) is 4.43. The van der Waals surface area contributed by atoms with Gasteiger partial charge in [0, 0.05) is 0 Å². The van der Waals surface area contributed by atoms with E-state index in [1.54, 1.807) is 0 Å². The van der Waals surface area contributed by atoms with Crippen LogP contribution in [0.15, 0.2) is 18.2 Å². The first-order valence-corrected chi connectivity index (χ1v) is 4.56. The minimum atomic E-state index is -1.66. The molecule has 0 aliphatic rings. The van der Waals surface area contributed by atoms with E-state index < -0.39 is 18.1 Å². The molecule has 0 saturated heterocycles. The first-order chi connectivity index (χ1) is 7.47. The zero-order chi connectivity index (χ0) is 12.3. The van der Waals surface area contributed by atoms with Gasteiger partial charge in [0.05, 0.1) is 12.8 Å². The molecule has 0 saturated carbocycles. The number of carbonyl (C=O) groups is 1. The number of nitrogens with two attached hydrogens (primary N) is 2. The molecule has 6 heteroatoms. The van der Waals surface area contributed by atoms with Gasteiger partial charge in [-0.1, -0.05) is 6.07 Å². The summed E-state index contributed by atoms with van der Waals surface area (Å²) in [6.07, 6.45) is -3.06. The Labute approximate surface area is 92.4 Å². The summed E-state index contributed by atoms with van der Waals surface area (Å²) in [5, 5.41) is 18.9. The van der Waals surface area contributed by atoms with Gasteiger partial charge in [0.15, 0.2) is 6.10 Å². The highest BCUT2D eigenvalue weighted by Gasteiger charge is 2.23. The zero-order valence-electron chi connectivity index (χ0n) is 8.75. The molecule has 0 radical (unpaired) electrons. The molecular weight excluding hydrogens is 212 g/mol. The Morgan fingerprint density at radius 2 is 2.06 bits per heavy atom. The molecule has 6 N–H and O–H groups in total. The van der Waals surface area contributed by atoms with Crippen LogP contribution in [0.2, 0.25) is 0 Å². The van der Waals surface area contributed by atoms with E-state index in [4.69, 9.17) is 16.2 Å². The van der Waals surface area contributed by atoms with Gasteiger partial charge in [-0.15, -0.1) is 0 Å². The summed E-state index contributed by atoms with van der Waals surface area (Å²) in [5.41, 5.74) is 11.1. The molecule has 1 rings (SSSR count). The molecule has 0 aliphatic carbocycles. The van der Waals surface area contributed by atoms with Crippen molar-refractivity contribution in [3.8, 4) is 5.75 Å². The summed E-state index contributed by atoms with van der Waals surface area (Å²) in [4.78, 5) is 10.7. The van der Waals surface area contributed by atoms with Crippen LogP contribution >= 0.6 is 0 Å². The molecule has 1 amide bonds. The topological polar surface area (TPSA) is 119 Å². The lowest BCUT2D eigenvalue weighted by Crippen LogP contribution is -2.33. The highest BCUT2D eigenvalue weighted by molar-refractivity contribution is 5.79. The fourth-order valence-electron chi connectivity index (χ4n) is 1.27. The maximum absolute atomic E-state index is 10.7. The Morgan fingerprint density at radius 1 is 1.44 bits per heavy atom. The number of anilines is 1. The van der Waals surface area contributed by atoms with Crippen LogP contribution < -0.4 is 16.2 Å². The third kappa shape index (κ3) is 2.41. The number of rotatable bonds is 4. The third-order valence-corrected chi connectivity index (χ3v) is 2.19. The number of carbonyl (C=O) groups excluding carboxylic acids is 1. The van der Waals surface area contributed by atoms with Crippen LogP contribution in [-0.2, 0) is 4.79 Å². The third-order valence-electron chi connectivity index (χ3n) is 2.19. The van der Waals surface area contributed by atoms with E-state index in [1.807, 2.05) is 0 Å². The molecule has 6 nitrogen and oxygen atoms in total. The Kier molecular flexibility index (Phi) is 3.70. The summed E-state index contributed by atoms with van der Waals surface area (Å²) in [6.45, 7) is 0. The number of ether oxygens (including phenoxy) is 1. The van der Waals surface area contributed by atoms with Crippen molar-refractivity contribution in [1.29, 1.82) is 0 Å². The summed E-state index contributed by atoms with van der Waals surface area (Å²) in [7, 11) is 1.46. The maximum Gasteiger partial charge on any atom is 0.249 e. The van der Waals surface area contributed by atoms with E-state index in [2.05, 4.69) is 0 Å². The first kappa shape index (κ1) is 12.3. The lowest BCUT2D eigenvalue weighted by atomic mass is 10.0. The SMILES string of the molecule is COc1ccc(C(O)C(O)C(N)=O)cc1N. The van der Waals surface area contributed by atoms with Crippen LogP contribution in [0.25, 0.3) is 0 Å². The Morgan fingerprint density at radius 3 is 2.50 bits per heavy atom. The lowest BCUT2D eigenvalue weighted by molar-refractivity contribution is -0.131.